The number of nitrogens with zero attached hydrogens (tertiary/aromatic N) is 3. The van der Waals surface area contributed by atoms with E-state index in [0.717, 1.165) is 41.8 Å². The molecular weight excluding hydrogens is 400 g/mol. The molecule has 0 bridgehead atoms. The van der Waals surface area contributed by atoms with Crippen molar-refractivity contribution in [3.8, 4) is 0 Å². The van der Waals surface area contributed by atoms with Crippen LogP contribution in [0.3, 0.4) is 0 Å². The van der Waals surface area contributed by atoms with Crippen molar-refractivity contribution in [3.63, 3.8) is 0 Å². The second-order valence-electron chi connectivity index (χ2n) is 9.15. The third-order valence-electron chi connectivity index (χ3n) is 5.95. The van der Waals surface area contributed by atoms with Crippen molar-refractivity contribution in [2.75, 3.05) is 5.32 Å². The van der Waals surface area contributed by atoms with Gasteiger partial charge in [0.15, 0.2) is 11.5 Å². The van der Waals surface area contributed by atoms with E-state index >= 15 is 0 Å². The molecule has 1 atom stereocenters. The molecule has 158 valence electrons. The molecule has 1 aromatic carbocycles. The van der Waals surface area contributed by atoms with Gasteiger partial charge in [-0.1, -0.05) is 49.7 Å². The van der Waals surface area contributed by atoms with Crippen molar-refractivity contribution < 1.29 is 9.32 Å². The first-order valence-electron chi connectivity index (χ1n) is 10.3. The van der Waals surface area contributed by atoms with E-state index in [1.807, 2.05) is 41.9 Å². The summed E-state index contributed by atoms with van der Waals surface area (Å²) in [5, 5.41) is 12.2. The lowest BCUT2D eigenvalue weighted by Crippen LogP contribution is -2.27. The molecule has 1 N–H and O–H groups in total. The van der Waals surface area contributed by atoms with Gasteiger partial charge in [0.05, 0.1) is 6.54 Å². The van der Waals surface area contributed by atoms with E-state index in [1.165, 1.54) is 0 Å². The first-order chi connectivity index (χ1) is 14.2. The minimum atomic E-state index is -0.272. The Labute approximate surface area is 181 Å². The summed E-state index contributed by atoms with van der Waals surface area (Å²) in [4.78, 5) is 12.9. The van der Waals surface area contributed by atoms with E-state index in [-0.39, 0.29) is 11.3 Å². The summed E-state index contributed by atoms with van der Waals surface area (Å²) in [6, 6.07) is 9.51. The maximum atomic E-state index is 12.9. The number of benzene rings is 1. The maximum absolute atomic E-state index is 12.9. The van der Waals surface area contributed by atoms with Gasteiger partial charge in [0.2, 0.25) is 0 Å². The summed E-state index contributed by atoms with van der Waals surface area (Å²) in [5.41, 5.74) is 3.54. The molecule has 2 aromatic heterocycles. The van der Waals surface area contributed by atoms with Crippen LogP contribution in [0.25, 0.3) is 0 Å². The standard InChI is InChI=1S/C23H27ClN4O2/c1-14-11-20(26-28(14)13-15-5-8-17(24)9-6-15)25-22(29)21-18-12-16(23(2,3)4)7-10-19(18)30-27-21/h5-6,8-9,11,16H,7,10,12-13H2,1-4H3,(H,25,26,29)/t16-/m1/s1. The molecule has 30 heavy (non-hydrogen) atoms. The number of carbonyl (C=O) groups is 1. The van der Waals surface area contributed by atoms with Crippen molar-refractivity contribution in [1.29, 1.82) is 0 Å². The number of nitrogens with one attached hydrogen (secondary N) is 1. The predicted molar refractivity (Wildman–Crippen MR) is 117 cm³/mol. The molecule has 0 saturated heterocycles. The highest BCUT2D eigenvalue weighted by Gasteiger charge is 2.34. The first-order valence-corrected chi connectivity index (χ1v) is 10.7. The first kappa shape index (κ1) is 20.7. The number of amides is 1. The molecule has 1 aliphatic carbocycles. The zero-order valence-corrected chi connectivity index (χ0v) is 18.6. The van der Waals surface area contributed by atoms with Crippen LogP contribution in [-0.4, -0.2) is 20.8 Å². The Morgan fingerprint density at radius 1 is 1.30 bits per heavy atom. The molecule has 0 fully saturated rings. The summed E-state index contributed by atoms with van der Waals surface area (Å²) < 4.78 is 7.33. The van der Waals surface area contributed by atoms with Crippen LogP contribution >= 0.6 is 11.6 Å². The van der Waals surface area contributed by atoms with Gasteiger partial charge in [-0.25, -0.2) is 0 Å². The van der Waals surface area contributed by atoms with Gasteiger partial charge in [0, 0.05) is 28.8 Å². The molecule has 4 rings (SSSR count). The topological polar surface area (TPSA) is 73.0 Å². The van der Waals surface area contributed by atoms with Crippen LogP contribution in [0.1, 0.15) is 60.3 Å². The van der Waals surface area contributed by atoms with E-state index in [0.29, 0.717) is 29.0 Å². The number of carbonyl (C=O) groups excluding carboxylic acids is 1. The number of hydrogen-bond donors (Lipinski definition) is 1. The molecule has 1 amide bonds. The van der Waals surface area contributed by atoms with Gasteiger partial charge in [-0.2, -0.15) is 5.10 Å². The number of rotatable bonds is 4. The van der Waals surface area contributed by atoms with E-state index in [9.17, 15) is 4.79 Å². The third kappa shape index (κ3) is 4.29. The second kappa shape index (κ2) is 7.91. The number of hydrogen-bond acceptors (Lipinski definition) is 4. The van der Waals surface area contributed by atoms with Gasteiger partial charge in [0.25, 0.3) is 5.91 Å². The number of aromatic nitrogens is 3. The van der Waals surface area contributed by atoms with Crippen LogP contribution in [0.4, 0.5) is 5.82 Å². The number of fused-ring (bicyclic) bond motifs is 1. The molecule has 0 spiro atoms. The van der Waals surface area contributed by atoms with E-state index in [2.05, 4.69) is 36.3 Å². The Morgan fingerprint density at radius 3 is 2.73 bits per heavy atom. The summed E-state index contributed by atoms with van der Waals surface area (Å²) in [6.45, 7) is 9.29. The van der Waals surface area contributed by atoms with Crippen LogP contribution in [0.2, 0.25) is 5.02 Å². The molecule has 7 heteroatoms. The molecular formula is C23H27ClN4O2. The molecule has 0 radical (unpaired) electrons. The molecule has 0 unspecified atom stereocenters. The normalized spacial score (nSPS) is 16.4. The van der Waals surface area contributed by atoms with Gasteiger partial charge in [-0.3, -0.25) is 9.48 Å². The SMILES string of the molecule is Cc1cc(NC(=O)c2noc3c2C[C@H](C(C)(C)C)CC3)nn1Cc1ccc(Cl)cc1. The number of anilines is 1. The van der Waals surface area contributed by atoms with Gasteiger partial charge in [0.1, 0.15) is 5.76 Å². The van der Waals surface area contributed by atoms with Crippen molar-refractivity contribution in [1.82, 2.24) is 14.9 Å². The van der Waals surface area contributed by atoms with E-state index in [4.69, 9.17) is 16.1 Å². The Kier molecular flexibility index (Phi) is 5.45. The van der Waals surface area contributed by atoms with E-state index < -0.39 is 0 Å². The average molecular weight is 427 g/mol. The van der Waals surface area contributed by atoms with Crippen molar-refractivity contribution in [2.24, 2.45) is 11.3 Å². The summed E-state index contributed by atoms with van der Waals surface area (Å²) in [7, 11) is 0. The van der Waals surface area contributed by atoms with Gasteiger partial charge in [-0.05, 0) is 48.8 Å². The molecule has 1 aliphatic rings. The fourth-order valence-corrected chi connectivity index (χ4v) is 4.12. The van der Waals surface area contributed by atoms with Gasteiger partial charge >= 0.3 is 0 Å². The smallest absolute Gasteiger partial charge is 0.279 e. The highest BCUT2D eigenvalue weighted by atomic mass is 35.5. The third-order valence-corrected chi connectivity index (χ3v) is 6.20. The van der Waals surface area contributed by atoms with Crippen LogP contribution in [0.5, 0.6) is 0 Å². The minimum absolute atomic E-state index is 0.181. The van der Waals surface area contributed by atoms with Gasteiger partial charge in [-0.15, -0.1) is 0 Å². The lowest BCUT2D eigenvalue weighted by molar-refractivity contribution is 0.101. The quantitative estimate of drug-likeness (QED) is 0.615. The second-order valence-corrected chi connectivity index (χ2v) is 9.58. The zero-order valence-electron chi connectivity index (χ0n) is 17.8. The Bertz CT molecular complexity index is 1060. The van der Waals surface area contributed by atoms with Crippen LogP contribution < -0.4 is 5.32 Å². The fraction of sp³-hybridized carbons (Fsp3) is 0.435. The van der Waals surface area contributed by atoms with Crippen LogP contribution in [-0.2, 0) is 19.4 Å². The van der Waals surface area contributed by atoms with Crippen LogP contribution in [0, 0.1) is 18.3 Å². The number of halogens is 1. The van der Waals surface area contributed by atoms with Crippen molar-refractivity contribution in [3.05, 3.63) is 63.6 Å². The fourth-order valence-electron chi connectivity index (χ4n) is 3.99. The minimum Gasteiger partial charge on any atom is -0.360 e. The zero-order chi connectivity index (χ0) is 21.5. The highest BCUT2D eigenvalue weighted by Crippen LogP contribution is 2.38. The molecule has 6 nitrogen and oxygen atoms in total. The molecule has 3 aromatic rings. The number of aryl methyl sites for hydroxylation is 2. The highest BCUT2D eigenvalue weighted by molar-refractivity contribution is 6.30. The summed E-state index contributed by atoms with van der Waals surface area (Å²) in [5.74, 6) is 1.57. The Balaban J connectivity index is 1.49. The lowest BCUT2D eigenvalue weighted by Gasteiger charge is -2.33. The van der Waals surface area contributed by atoms with Crippen molar-refractivity contribution >= 4 is 23.3 Å². The van der Waals surface area contributed by atoms with Crippen LogP contribution in [0.15, 0.2) is 34.9 Å². The lowest BCUT2D eigenvalue weighted by atomic mass is 9.71. The molecule has 2 heterocycles. The monoisotopic (exact) mass is 426 g/mol. The molecule has 0 aliphatic heterocycles. The van der Waals surface area contributed by atoms with Gasteiger partial charge < -0.3 is 9.84 Å². The summed E-state index contributed by atoms with van der Waals surface area (Å²) in [6.07, 6.45) is 2.70. The van der Waals surface area contributed by atoms with Crippen molar-refractivity contribution in [2.45, 2.75) is 53.5 Å². The predicted octanol–water partition coefficient (Wildman–Crippen LogP) is 5.28. The molecule has 0 saturated carbocycles. The largest absolute Gasteiger partial charge is 0.360 e. The summed E-state index contributed by atoms with van der Waals surface area (Å²) >= 11 is 5.96. The average Bonchev–Trinajstić information content (AvgIpc) is 3.25. The maximum Gasteiger partial charge on any atom is 0.279 e. The Morgan fingerprint density at radius 2 is 2.03 bits per heavy atom. The Hall–Kier alpha value is -2.60. The van der Waals surface area contributed by atoms with E-state index in [1.54, 1.807) is 0 Å².